The number of carbonyl (C=O) groups excluding carboxylic acids is 1. The molecule has 1 heterocycles. The van der Waals surface area contributed by atoms with Gasteiger partial charge in [0.05, 0.1) is 12.2 Å². The molecular formula is C21H25F3N2O3. The number of hydrogen-bond donors (Lipinski definition) is 2. The molecule has 1 saturated heterocycles. The Labute approximate surface area is 167 Å². The van der Waals surface area contributed by atoms with Crippen LogP contribution in [0.25, 0.3) is 10.8 Å². The average Bonchev–Trinajstić information content (AvgIpc) is 2.90. The van der Waals surface area contributed by atoms with Gasteiger partial charge in [0.1, 0.15) is 0 Å². The second-order valence-electron chi connectivity index (χ2n) is 8.08. The van der Waals surface area contributed by atoms with Gasteiger partial charge in [0.15, 0.2) is 0 Å². The second-order valence-corrected chi connectivity index (χ2v) is 8.08. The summed E-state index contributed by atoms with van der Waals surface area (Å²) in [7, 11) is 1.90. The Bertz CT molecular complexity index is 885. The van der Waals surface area contributed by atoms with Crippen molar-refractivity contribution in [1.82, 2.24) is 10.2 Å². The molecule has 8 heteroatoms. The molecule has 158 valence electrons. The molecule has 0 radical (unpaired) electrons. The fourth-order valence-corrected chi connectivity index (χ4v) is 3.41. The van der Waals surface area contributed by atoms with E-state index in [1.54, 1.807) is 0 Å². The Morgan fingerprint density at radius 1 is 1.10 bits per heavy atom. The Hall–Kier alpha value is -2.61. The van der Waals surface area contributed by atoms with Crippen LogP contribution in [0, 0.1) is 5.41 Å². The van der Waals surface area contributed by atoms with Crippen LogP contribution in [0.1, 0.15) is 26.3 Å². The van der Waals surface area contributed by atoms with Gasteiger partial charge in [-0.3, -0.25) is 10.1 Å². The monoisotopic (exact) mass is 410 g/mol. The van der Waals surface area contributed by atoms with Gasteiger partial charge in [-0.05, 0) is 28.2 Å². The summed E-state index contributed by atoms with van der Waals surface area (Å²) in [4.78, 5) is 23.3. The number of halogens is 3. The van der Waals surface area contributed by atoms with Crippen LogP contribution in [0.5, 0.6) is 0 Å². The van der Waals surface area contributed by atoms with Crippen molar-refractivity contribution in [2.24, 2.45) is 5.41 Å². The minimum Gasteiger partial charge on any atom is -0.475 e. The van der Waals surface area contributed by atoms with Gasteiger partial charge in [-0.2, -0.15) is 13.2 Å². The van der Waals surface area contributed by atoms with Crippen LogP contribution in [0.3, 0.4) is 0 Å². The van der Waals surface area contributed by atoms with Crippen molar-refractivity contribution in [2.45, 2.75) is 45.6 Å². The lowest BCUT2D eigenvalue weighted by molar-refractivity contribution is -0.192. The fourth-order valence-electron chi connectivity index (χ4n) is 3.41. The molecule has 1 aliphatic rings. The molecule has 2 aromatic carbocycles. The number of amides is 1. The molecule has 2 atom stereocenters. The number of carboxylic acid groups (broad SMARTS) is 1. The predicted octanol–water partition coefficient (Wildman–Crippen LogP) is 3.82. The number of hydrogen-bond acceptors (Lipinski definition) is 3. The summed E-state index contributed by atoms with van der Waals surface area (Å²) in [6.45, 7) is 6.48. The number of carbonyl (C=O) groups is 2. The summed E-state index contributed by atoms with van der Waals surface area (Å²) in [5, 5.41) is 13.1. The number of fused-ring (bicyclic) bond motifs is 1. The quantitative estimate of drug-likeness (QED) is 0.790. The maximum atomic E-state index is 12.6. The van der Waals surface area contributed by atoms with E-state index in [2.05, 4.69) is 68.6 Å². The van der Waals surface area contributed by atoms with E-state index in [0.29, 0.717) is 0 Å². The van der Waals surface area contributed by atoms with Gasteiger partial charge in [-0.15, -0.1) is 0 Å². The van der Waals surface area contributed by atoms with E-state index in [1.165, 1.54) is 16.3 Å². The molecule has 0 bridgehead atoms. The molecule has 3 rings (SSSR count). The first-order valence-corrected chi connectivity index (χ1v) is 9.12. The van der Waals surface area contributed by atoms with Crippen LogP contribution in [0.15, 0.2) is 42.5 Å². The third-order valence-corrected chi connectivity index (χ3v) is 4.76. The van der Waals surface area contributed by atoms with Gasteiger partial charge in [-0.1, -0.05) is 63.2 Å². The highest BCUT2D eigenvalue weighted by Gasteiger charge is 2.42. The van der Waals surface area contributed by atoms with E-state index in [0.717, 1.165) is 6.42 Å². The molecule has 0 aromatic heterocycles. The molecule has 5 nitrogen and oxygen atoms in total. The molecule has 0 spiro atoms. The first-order chi connectivity index (χ1) is 13.3. The van der Waals surface area contributed by atoms with Crippen LogP contribution in [0.2, 0.25) is 0 Å². The third-order valence-electron chi connectivity index (χ3n) is 4.76. The summed E-state index contributed by atoms with van der Waals surface area (Å²) < 4.78 is 31.7. The topological polar surface area (TPSA) is 69.6 Å². The summed E-state index contributed by atoms with van der Waals surface area (Å²) in [5.41, 5.74) is 1.25. The number of alkyl halides is 3. The maximum absolute atomic E-state index is 12.6. The highest BCUT2D eigenvalue weighted by atomic mass is 19.4. The lowest BCUT2D eigenvalue weighted by atomic mass is 9.92. The van der Waals surface area contributed by atoms with Crippen LogP contribution in [-0.4, -0.2) is 47.3 Å². The zero-order valence-corrected chi connectivity index (χ0v) is 16.7. The summed E-state index contributed by atoms with van der Waals surface area (Å²) in [6, 6.07) is 14.5. The number of nitrogens with one attached hydrogen (secondary N) is 1. The molecule has 2 N–H and O–H groups in total. The number of aliphatic carboxylic acids is 1. The van der Waals surface area contributed by atoms with Crippen molar-refractivity contribution >= 4 is 22.6 Å². The van der Waals surface area contributed by atoms with Crippen LogP contribution in [-0.2, 0) is 16.0 Å². The third kappa shape index (κ3) is 5.47. The number of nitrogens with zero attached hydrogens (tertiary/aromatic N) is 1. The van der Waals surface area contributed by atoms with E-state index in [1.807, 2.05) is 11.9 Å². The molecule has 0 aliphatic carbocycles. The fraction of sp³-hybridized carbons (Fsp3) is 0.429. The largest absolute Gasteiger partial charge is 0.490 e. The van der Waals surface area contributed by atoms with Crippen molar-refractivity contribution in [3.05, 3.63) is 48.0 Å². The van der Waals surface area contributed by atoms with E-state index >= 15 is 0 Å². The molecule has 1 amide bonds. The Kier molecular flexibility index (Phi) is 6.57. The number of benzene rings is 2. The first-order valence-electron chi connectivity index (χ1n) is 9.12. The van der Waals surface area contributed by atoms with E-state index in [4.69, 9.17) is 9.90 Å². The van der Waals surface area contributed by atoms with Crippen LogP contribution in [0.4, 0.5) is 13.2 Å². The first kappa shape index (κ1) is 22.7. The summed E-state index contributed by atoms with van der Waals surface area (Å²) in [5.74, 6) is -2.57. The van der Waals surface area contributed by atoms with Gasteiger partial charge in [0.25, 0.3) is 0 Å². The van der Waals surface area contributed by atoms with E-state index < -0.39 is 12.1 Å². The normalized spacial score (nSPS) is 19.8. The van der Waals surface area contributed by atoms with Gasteiger partial charge in [-0.25, -0.2) is 4.79 Å². The predicted molar refractivity (Wildman–Crippen MR) is 104 cm³/mol. The molecule has 0 unspecified atom stereocenters. The smallest absolute Gasteiger partial charge is 0.475 e. The van der Waals surface area contributed by atoms with Gasteiger partial charge in [0, 0.05) is 7.05 Å². The van der Waals surface area contributed by atoms with E-state index in [9.17, 15) is 18.0 Å². The Balaban J connectivity index is 0.000000370. The number of likely N-dealkylation sites (N-methyl/N-ethyl adjacent to an activating group) is 1. The number of carboxylic acids is 1. The SMILES string of the molecule is CN1C(=O)[C@@H](Cc2cccc3ccccc23)N[C@H]1C(C)(C)C.O=C(O)C(F)(F)F. The summed E-state index contributed by atoms with van der Waals surface area (Å²) in [6.07, 6.45) is -4.27. The van der Waals surface area contributed by atoms with Gasteiger partial charge >= 0.3 is 12.1 Å². The van der Waals surface area contributed by atoms with Crippen molar-refractivity contribution in [3.63, 3.8) is 0 Å². The standard InChI is InChI=1S/C19H24N2O.C2HF3O2/c1-19(2,3)18-20-16(17(22)21(18)4)12-14-10-7-9-13-8-5-6-11-15(13)14;3-2(4,5)1(6)7/h5-11,16,18,20H,12H2,1-4H3;(H,6,7)/t16-,18-;/m1./s1. The Morgan fingerprint density at radius 2 is 1.66 bits per heavy atom. The average molecular weight is 410 g/mol. The van der Waals surface area contributed by atoms with Crippen LogP contribution >= 0.6 is 0 Å². The van der Waals surface area contributed by atoms with Crippen molar-refractivity contribution in [3.8, 4) is 0 Å². The second kappa shape index (κ2) is 8.41. The van der Waals surface area contributed by atoms with Crippen molar-refractivity contribution in [1.29, 1.82) is 0 Å². The van der Waals surface area contributed by atoms with Crippen LogP contribution < -0.4 is 5.32 Å². The van der Waals surface area contributed by atoms with E-state index in [-0.39, 0.29) is 23.5 Å². The summed E-state index contributed by atoms with van der Waals surface area (Å²) >= 11 is 0. The zero-order valence-electron chi connectivity index (χ0n) is 16.7. The number of rotatable bonds is 2. The molecule has 2 aromatic rings. The zero-order chi connectivity index (χ0) is 22.0. The molecule has 1 aliphatic heterocycles. The Morgan fingerprint density at radius 3 is 2.17 bits per heavy atom. The minimum atomic E-state index is -5.08. The van der Waals surface area contributed by atoms with Gasteiger partial charge in [0.2, 0.25) is 5.91 Å². The van der Waals surface area contributed by atoms with Crippen molar-refractivity contribution < 1.29 is 27.9 Å². The minimum absolute atomic E-state index is 0.0257. The molecule has 29 heavy (non-hydrogen) atoms. The maximum Gasteiger partial charge on any atom is 0.490 e. The van der Waals surface area contributed by atoms with Gasteiger partial charge < -0.3 is 10.0 Å². The molecular weight excluding hydrogens is 385 g/mol. The lowest BCUT2D eigenvalue weighted by Gasteiger charge is -2.32. The van der Waals surface area contributed by atoms with Crippen molar-refractivity contribution in [2.75, 3.05) is 7.05 Å². The highest BCUT2D eigenvalue weighted by Crippen LogP contribution is 2.28. The molecule has 0 saturated carbocycles. The lowest BCUT2D eigenvalue weighted by Crippen LogP contribution is -2.45. The highest BCUT2D eigenvalue weighted by molar-refractivity contribution is 5.88. The molecule has 1 fully saturated rings.